The van der Waals surface area contributed by atoms with E-state index in [1.165, 1.54) is 17.9 Å². The van der Waals surface area contributed by atoms with Crippen LogP contribution in [0.15, 0.2) is 23.4 Å². The molecule has 2 rings (SSSR count). The average molecular weight is 299 g/mol. The fourth-order valence-corrected chi connectivity index (χ4v) is 2.46. The van der Waals surface area contributed by atoms with E-state index < -0.39 is 22.5 Å². The van der Waals surface area contributed by atoms with E-state index in [1.54, 1.807) is 12.3 Å². The monoisotopic (exact) mass is 299 g/mol. The molecule has 0 bridgehead atoms. The lowest BCUT2D eigenvalue weighted by Crippen LogP contribution is -2.05. The minimum atomic E-state index is -1.01. The molecular formula is C13H18FN3O2S. The summed E-state index contributed by atoms with van der Waals surface area (Å²) in [4.78, 5) is 0. The van der Waals surface area contributed by atoms with Gasteiger partial charge in [0.1, 0.15) is 5.03 Å². The minimum absolute atomic E-state index is 0.0968. The molecule has 0 spiro atoms. The van der Waals surface area contributed by atoms with Gasteiger partial charge in [0.05, 0.1) is 25.6 Å². The van der Waals surface area contributed by atoms with E-state index in [9.17, 15) is 9.50 Å². The third kappa shape index (κ3) is 2.64. The minimum Gasteiger partial charge on any atom is -0.494 e. The quantitative estimate of drug-likeness (QED) is 0.937. The number of rotatable bonds is 4. The summed E-state index contributed by atoms with van der Waals surface area (Å²) in [5.41, 5.74) is 0.609. The van der Waals surface area contributed by atoms with Gasteiger partial charge in [-0.25, -0.2) is 19.1 Å². The van der Waals surface area contributed by atoms with E-state index in [1.807, 2.05) is 0 Å². The van der Waals surface area contributed by atoms with Crippen LogP contribution >= 0.6 is 10.0 Å². The van der Waals surface area contributed by atoms with Crippen LogP contribution in [0.25, 0.3) is 5.69 Å². The first-order chi connectivity index (χ1) is 9.38. The summed E-state index contributed by atoms with van der Waals surface area (Å²) >= 11 is 0. The predicted molar refractivity (Wildman–Crippen MR) is 77.4 cm³/mol. The molecule has 0 amide bonds. The van der Waals surface area contributed by atoms with Crippen LogP contribution in [0, 0.1) is 5.82 Å². The summed E-state index contributed by atoms with van der Waals surface area (Å²) < 4.78 is 20.5. The van der Waals surface area contributed by atoms with Crippen LogP contribution in [-0.2, 0) is 6.61 Å². The van der Waals surface area contributed by atoms with Crippen LogP contribution in [0.3, 0.4) is 0 Å². The normalized spacial score (nSPS) is 12.5. The molecule has 110 valence electrons. The zero-order chi connectivity index (χ0) is 14.9. The van der Waals surface area contributed by atoms with Crippen LogP contribution < -0.4 is 4.74 Å². The molecular weight excluding hydrogens is 281 g/mol. The maximum absolute atomic E-state index is 14.1. The number of benzene rings is 1. The van der Waals surface area contributed by atoms with Crippen molar-refractivity contribution in [2.24, 2.45) is 0 Å². The van der Waals surface area contributed by atoms with Crippen LogP contribution in [0.2, 0.25) is 0 Å². The molecule has 0 saturated heterocycles. The number of ether oxygens (including phenoxy) is 1. The van der Waals surface area contributed by atoms with Gasteiger partial charge in [-0.05, 0) is 30.9 Å². The van der Waals surface area contributed by atoms with Crippen LogP contribution in [0.4, 0.5) is 4.39 Å². The molecule has 20 heavy (non-hydrogen) atoms. The van der Waals surface area contributed by atoms with Crippen molar-refractivity contribution in [3.05, 3.63) is 29.7 Å². The number of aliphatic hydroxyl groups is 1. The molecule has 5 nitrogen and oxygen atoms in total. The zero-order valence-corrected chi connectivity index (χ0v) is 12.7. The van der Waals surface area contributed by atoms with Crippen molar-refractivity contribution in [3.8, 4) is 11.4 Å². The van der Waals surface area contributed by atoms with Gasteiger partial charge in [0.15, 0.2) is 11.6 Å². The molecule has 1 aromatic carbocycles. The van der Waals surface area contributed by atoms with E-state index in [4.69, 9.17) is 4.74 Å². The Bertz CT molecular complexity index is 623. The molecule has 0 unspecified atom stereocenters. The lowest BCUT2D eigenvalue weighted by Gasteiger charge is -2.20. The highest BCUT2D eigenvalue weighted by Gasteiger charge is 2.18. The number of hydrogen-bond donors (Lipinski definition) is 1. The molecule has 0 radical (unpaired) electrons. The van der Waals surface area contributed by atoms with Crippen molar-refractivity contribution in [1.29, 1.82) is 0 Å². The van der Waals surface area contributed by atoms with Crippen molar-refractivity contribution in [1.82, 2.24) is 15.0 Å². The van der Waals surface area contributed by atoms with Gasteiger partial charge in [-0.15, -0.1) is 5.10 Å². The number of halogens is 1. The average Bonchev–Trinajstić information content (AvgIpc) is 2.87. The Balaban J connectivity index is 2.53. The molecule has 0 atom stereocenters. The highest BCUT2D eigenvalue weighted by Crippen LogP contribution is 2.43. The van der Waals surface area contributed by atoms with Crippen LogP contribution in [0.5, 0.6) is 5.75 Å². The third-order valence-electron chi connectivity index (χ3n) is 2.91. The van der Waals surface area contributed by atoms with Crippen molar-refractivity contribution < 1.29 is 14.2 Å². The van der Waals surface area contributed by atoms with Gasteiger partial charge in [0.25, 0.3) is 0 Å². The second-order valence-corrected chi connectivity index (χ2v) is 9.17. The zero-order valence-electron chi connectivity index (χ0n) is 11.9. The Labute approximate surface area is 118 Å². The first-order valence-corrected chi connectivity index (χ1v) is 8.81. The largest absolute Gasteiger partial charge is 0.494 e. The van der Waals surface area contributed by atoms with E-state index in [2.05, 4.69) is 29.1 Å². The van der Waals surface area contributed by atoms with Gasteiger partial charge in [-0.2, -0.15) is 0 Å². The first-order valence-electron chi connectivity index (χ1n) is 5.95. The molecule has 1 N–H and O–H groups in total. The highest BCUT2D eigenvalue weighted by molar-refractivity contribution is 8.32. The van der Waals surface area contributed by atoms with Gasteiger partial charge in [-0.1, -0.05) is 5.21 Å². The molecule has 2 aromatic rings. The maximum Gasteiger partial charge on any atom is 0.172 e. The molecule has 0 aliphatic heterocycles. The van der Waals surface area contributed by atoms with Crippen molar-refractivity contribution >= 4 is 10.0 Å². The Hall–Kier alpha value is -1.60. The summed E-state index contributed by atoms with van der Waals surface area (Å²) in [6, 6.07) is 3.17. The summed E-state index contributed by atoms with van der Waals surface area (Å²) in [6.07, 6.45) is 8.07. The van der Waals surface area contributed by atoms with E-state index in [-0.39, 0.29) is 11.3 Å². The molecule has 1 heterocycles. The standard InChI is InChI=1S/C13H18FN3O2S/c1-19-11-6-5-10(9(8-18)13(11)14)17-7-12(15-16-17)20(2,3)4/h5-7,18H,8H2,1-4H3. The Morgan fingerprint density at radius 3 is 2.55 bits per heavy atom. The van der Waals surface area contributed by atoms with Crippen molar-refractivity contribution in [3.63, 3.8) is 0 Å². The van der Waals surface area contributed by atoms with E-state index in [0.717, 1.165) is 5.03 Å². The molecule has 0 aliphatic rings. The number of aromatic nitrogens is 3. The van der Waals surface area contributed by atoms with Gasteiger partial charge >= 0.3 is 0 Å². The lowest BCUT2D eigenvalue weighted by atomic mass is 10.1. The Morgan fingerprint density at radius 1 is 1.35 bits per heavy atom. The lowest BCUT2D eigenvalue weighted by molar-refractivity contribution is 0.272. The topological polar surface area (TPSA) is 60.2 Å². The highest BCUT2D eigenvalue weighted by atomic mass is 32.3. The second-order valence-electron chi connectivity index (χ2n) is 5.08. The smallest absolute Gasteiger partial charge is 0.172 e. The van der Waals surface area contributed by atoms with E-state index >= 15 is 0 Å². The van der Waals surface area contributed by atoms with Gasteiger partial charge in [-0.3, -0.25) is 0 Å². The number of methoxy groups -OCH3 is 1. The van der Waals surface area contributed by atoms with Gasteiger partial charge in [0.2, 0.25) is 0 Å². The predicted octanol–water partition coefficient (Wildman–Crippen LogP) is 1.96. The summed E-state index contributed by atoms with van der Waals surface area (Å²) in [7, 11) is 0.377. The summed E-state index contributed by atoms with van der Waals surface area (Å²) in [5, 5.41) is 18.4. The van der Waals surface area contributed by atoms with E-state index in [0.29, 0.717) is 5.69 Å². The molecule has 0 fully saturated rings. The number of nitrogens with zero attached hydrogens (tertiary/aromatic N) is 3. The van der Waals surface area contributed by atoms with Crippen molar-refractivity contribution in [2.75, 3.05) is 25.9 Å². The first kappa shape index (κ1) is 14.8. The van der Waals surface area contributed by atoms with Crippen LogP contribution in [0.1, 0.15) is 5.56 Å². The number of aliphatic hydroxyl groups excluding tert-OH is 1. The third-order valence-corrected chi connectivity index (χ3v) is 4.35. The second kappa shape index (κ2) is 5.41. The number of hydrogen-bond acceptors (Lipinski definition) is 4. The SMILES string of the molecule is COc1ccc(-n2cc(S(C)(C)C)nn2)c(CO)c1F. The fraction of sp³-hybridized carbons (Fsp3) is 0.385. The Kier molecular flexibility index (Phi) is 4.01. The summed E-state index contributed by atoms with van der Waals surface area (Å²) in [6.45, 7) is -0.435. The van der Waals surface area contributed by atoms with Crippen molar-refractivity contribution in [2.45, 2.75) is 11.6 Å². The fourth-order valence-electron chi connectivity index (χ4n) is 1.76. The maximum atomic E-state index is 14.1. The van der Waals surface area contributed by atoms with Crippen LogP contribution in [-0.4, -0.2) is 46.0 Å². The molecule has 0 aliphatic carbocycles. The van der Waals surface area contributed by atoms with Gasteiger partial charge < -0.3 is 9.84 Å². The Morgan fingerprint density at radius 2 is 2.05 bits per heavy atom. The molecule has 0 saturated carbocycles. The summed E-state index contributed by atoms with van der Waals surface area (Å²) in [5.74, 6) is -0.479. The van der Waals surface area contributed by atoms with Gasteiger partial charge in [0, 0.05) is 5.56 Å². The molecule has 7 heteroatoms. The molecule has 1 aromatic heterocycles.